The van der Waals surface area contributed by atoms with Crippen molar-refractivity contribution in [2.45, 2.75) is 74.1 Å². The summed E-state index contributed by atoms with van der Waals surface area (Å²) in [5, 5.41) is 0. The number of ether oxygens (including phenoxy) is 1. The molecule has 0 saturated carbocycles. The van der Waals surface area contributed by atoms with Gasteiger partial charge in [0.05, 0.1) is 34.0 Å². The molecule has 0 aromatic rings. The molecule has 6 nitrogen and oxygen atoms in total. The van der Waals surface area contributed by atoms with E-state index in [0.717, 1.165) is 19.3 Å². The summed E-state index contributed by atoms with van der Waals surface area (Å²) in [6, 6.07) is 0. The van der Waals surface area contributed by atoms with Crippen LogP contribution < -0.4 is 0 Å². The second-order valence-corrected chi connectivity index (χ2v) is 9.65. The van der Waals surface area contributed by atoms with Gasteiger partial charge >= 0.3 is 5.97 Å². The fourth-order valence-corrected chi connectivity index (χ4v) is 3.71. The van der Waals surface area contributed by atoms with Crippen LogP contribution in [0.4, 0.5) is 0 Å². The first-order valence-corrected chi connectivity index (χ1v) is 9.88. The third-order valence-corrected chi connectivity index (χ3v) is 4.71. The Labute approximate surface area is 166 Å². The zero-order valence-corrected chi connectivity index (χ0v) is 19.0. The van der Waals surface area contributed by atoms with Gasteiger partial charge in [-0.25, -0.2) is 19.6 Å². The number of carbonyl (C=O) groups is 1. The van der Waals surface area contributed by atoms with Crippen LogP contribution in [-0.2, 0) is 29.1 Å². The number of rotatable bonds is 15. The monoisotopic (exact) mass is 390 g/mol. The van der Waals surface area contributed by atoms with Crippen molar-refractivity contribution in [2.24, 2.45) is 22.2 Å². The zero-order chi connectivity index (χ0) is 21.1. The van der Waals surface area contributed by atoms with Gasteiger partial charge in [0, 0.05) is 11.8 Å². The van der Waals surface area contributed by atoms with Crippen molar-refractivity contribution < 1.29 is 29.1 Å². The molecule has 0 atom stereocenters. The Kier molecular flexibility index (Phi) is 11.7. The molecule has 0 aliphatic rings. The highest BCUT2D eigenvalue weighted by Crippen LogP contribution is 2.45. The van der Waals surface area contributed by atoms with E-state index in [4.69, 9.17) is 24.3 Å². The van der Waals surface area contributed by atoms with E-state index < -0.39 is 0 Å². The van der Waals surface area contributed by atoms with Crippen LogP contribution in [0, 0.1) is 22.2 Å². The predicted octanol–water partition coefficient (Wildman–Crippen LogP) is 4.96. The summed E-state index contributed by atoms with van der Waals surface area (Å²) >= 11 is 0. The van der Waals surface area contributed by atoms with E-state index in [1.807, 2.05) is 13.8 Å². The first-order chi connectivity index (χ1) is 12.4. The number of esters is 1. The lowest BCUT2D eigenvalue weighted by molar-refractivity contribution is -0.293. The van der Waals surface area contributed by atoms with E-state index in [9.17, 15) is 4.79 Å². The Hall–Kier alpha value is -0.690. The van der Waals surface area contributed by atoms with E-state index in [-0.39, 0.29) is 28.1 Å². The maximum Gasteiger partial charge on any atom is 0.306 e. The quantitative estimate of drug-likeness (QED) is 0.224. The van der Waals surface area contributed by atoms with Gasteiger partial charge in [0.15, 0.2) is 0 Å². The maximum atomic E-state index is 12.2. The molecule has 0 aliphatic heterocycles. The number of hydrogen-bond donors (Lipinski definition) is 0. The molecule has 0 aliphatic carbocycles. The standard InChI is InChI=1S/C21H42O6/c1-10-21(12-19(4,5)14-26-23-8,13-20(6,7)15-27-24-9)16-25-18(22)11-17(2)3/h17H,10-16H2,1-9H3. The SMILES string of the molecule is CCC(COC(=O)CC(C)C)(CC(C)(C)COOC)CC(C)(C)COOC. The van der Waals surface area contributed by atoms with Crippen LogP contribution in [0.5, 0.6) is 0 Å². The average Bonchev–Trinajstić information content (AvgIpc) is 2.55. The molecule has 0 aromatic heterocycles. The van der Waals surface area contributed by atoms with Crippen molar-refractivity contribution in [1.29, 1.82) is 0 Å². The van der Waals surface area contributed by atoms with E-state index in [0.29, 0.717) is 26.2 Å². The Morgan fingerprint density at radius 3 is 1.63 bits per heavy atom. The van der Waals surface area contributed by atoms with E-state index in [1.54, 1.807) is 0 Å². The van der Waals surface area contributed by atoms with Gasteiger partial charge in [-0.3, -0.25) is 4.79 Å². The molecule has 0 fully saturated rings. The molecule has 27 heavy (non-hydrogen) atoms. The molecule has 0 radical (unpaired) electrons. The highest BCUT2D eigenvalue weighted by atomic mass is 17.2. The summed E-state index contributed by atoms with van der Waals surface area (Å²) in [5.74, 6) is 0.145. The smallest absolute Gasteiger partial charge is 0.306 e. The van der Waals surface area contributed by atoms with Gasteiger partial charge < -0.3 is 4.74 Å². The second kappa shape index (κ2) is 12.0. The summed E-state index contributed by atoms with van der Waals surface area (Å²) in [6.45, 7) is 16.1. The lowest BCUT2D eigenvalue weighted by atomic mass is 9.65. The van der Waals surface area contributed by atoms with Crippen molar-refractivity contribution in [2.75, 3.05) is 34.0 Å². The molecule has 0 unspecified atom stereocenters. The molecule has 162 valence electrons. The fraction of sp³-hybridized carbons (Fsp3) is 0.952. The summed E-state index contributed by atoms with van der Waals surface area (Å²) in [6.07, 6.45) is 3.00. The molecule has 0 rings (SSSR count). The lowest BCUT2D eigenvalue weighted by Crippen LogP contribution is -2.40. The van der Waals surface area contributed by atoms with Gasteiger partial charge in [0.1, 0.15) is 0 Å². The summed E-state index contributed by atoms with van der Waals surface area (Å²) in [4.78, 5) is 32.2. The van der Waals surface area contributed by atoms with Gasteiger partial charge in [-0.15, -0.1) is 0 Å². The highest BCUT2D eigenvalue weighted by molar-refractivity contribution is 5.69. The van der Waals surface area contributed by atoms with Crippen LogP contribution in [0.3, 0.4) is 0 Å². The second-order valence-electron chi connectivity index (χ2n) is 9.65. The van der Waals surface area contributed by atoms with Crippen LogP contribution in [0.2, 0.25) is 0 Å². The molecule has 0 bridgehead atoms. The van der Waals surface area contributed by atoms with E-state index in [2.05, 4.69) is 34.6 Å². The summed E-state index contributed by atoms with van der Waals surface area (Å²) in [7, 11) is 3.03. The minimum absolute atomic E-state index is 0.130. The third-order valence-electron chi connectivity index (χ3n) is 4.71. The van der Waals surface area contributed by atoms with E-state index in [1.165, 1.54) is 14.2 Å². The number of hydrogen-bond acceptors (Lipinski definition) is 6. The normalized spacial score (nSPS) is 13.3. The Morgan fingerprint density at radius 1 is 0.852 bits per heavy atom. The van der Waals surface area contributed by atoms with Crippen LogP contribution in [-0.4, -0.2) is 40.0 Å². The minimum atomic E-state index is -0.187. The van der Waals surface area contributed by atoms with Crippen LogP contribution >= 0.6 is 0 Å². The first kappa shape index (κ1) is 26.3. The topological polar surface area (TPSA) is 63.2 Å². The lowest BCUT2D eigenvalue weighted by Gasteiger charge is -2.43. The predicted molar refractivity (Wildman–Crippen MR) is 106 cm³/mol. The maximum absolute atomic E-state index is 12.2. The molecule has 6 heteroatoms. The molecule has 0 amide bonds. The van der Waals surface area contributed by atoms with Gasteiger partial charge in [-0.2, -0.15) is 0 Å². The van der Waals surface area contributed by atoms with Crippen molar-refractivity contribution >= 4 is 5.97 Å². The van der Waals surface area contributed by atoms with Crippen molar-refractivity contribution in [3.63, 3.8) is 0 Å². The number of carbonyl (C=O) groups excluding carboxylic acids is 1. The summed E-state index contributed by atoms with van der Waals surface area (Å²) < 4.78 is 5.73. The van der Waals surface area contributed by atoms with Gasteiger partial charge in [0.2, 0.25) is 0 Å². The zero-order valence-electron chi connectivity index (χ0n) is 19.0. The highest BCUT2D eigenvalue weighted by Gasteiger charge is 2.41. The minimum Gasteiger partial charge on any atom is -0.465 e. The summed E-state index contributed by atoms with van der Waals surface area (Å²) in [5.41, 5.74) is -0.447. The molecule has 0 spiro atoms. The Balaban J connectivity index is 5.37. The van der Waals surface area contributed by atoms with Crippen molar-refractivity contribution in [3.8, 4) is 0 Å². The van der Waals surface area contributed by atoms with Crippen LogP contribution in [0.1, 0.15) is 74.1 Å². The average molecular weight is 391 g/mol. The third kappa shape index (κ3) is 11.7. The van der Waals surface area contributed by atoms with Gasteiger partial charge in [-0.1, -0.05) is 48.5 Å². The van der Waals surface area contributed by atoms with Crippen LogP contribution in [0.25, 0.3) is 0 Å². The molecular formula is C21H42O6. The van der Waals surface area contributed by atoms with E-state index >= 15 is 0 Å². The molecule has 0 N–H and O–H groups in total. The van der Waals surface area contributed by atoms with Crippen LogP contribution in [0.15, 0.2) is 0 Å². The van der Waals surface area contributed by atoms with Gasteiger partial charge in [-0.05, 0) is 36.0 Å². The molecular weight excluding hydrogens is 348 g/mol. The molecule has 0 aromatic carbocycles. The first-order valence-electron chi connectivity index (χ1n) is 9.88. The fourth-order valence-electron chi connectivity index (χ4n) is 3.71. The van der Waals surface area contributed by atoms with Gasteiger partial charge in [0.25, 0.3) is 0 Å². The Bertz CT molecular complexity index is 395. The molecule has 0 saturated heterocycles. The van der Waals surface area contributed by atoms with Crippen molar-refractivity contribution in [1.82, 2.24) is 0 Å². The molecule has 0 heterocycles. The van der Waals surface area contributed by atoms with Crippen molar-refractivity contribution in [3.05, 3.63) is 0 Å². The largest absolute Gasteiger partial charge is 0.465 e. The Morgan fingerprint density at radius 2 is 1.30 bits per heavy atom.